The molecule has 1 heterocycles. The Kier molecular flexibility index (Phi) is 4.70. The molecule has 0 spiro atoms. The number of carbonyl (C=O) groups is 1. The summed E-state index contributed by atoms with van der Waals surface area (Å²) < 4.78 is 22.8. The predicted molar refractivity (Wildman–Crippen MR) is 84.8 cm³/mol. The second-order valence-electron chi connectivity index (χ2n) is 4.63. The van der Waals surface area contributed by atoms with Gasteiger partial charge in [-0.2, -0.15) is 0 Å². The minimum atomic E-state index is -3.21. The Hall–Kier alpha value is -1.37. The largest absolute Gasteiger partial charge is 0.345 e. The molecule has 2 aromatic rings. The Morgan fingerprint density at radius 3 is 2.33 bits per heavy atom. The lowest BCUT2D eigenvalue weighted by Gasteiger charge is -2.14. The van der Waals surface area contributed by atoms with E-state index < -0.39 is 9.84 Å². The van der Waals surface area contributed by atoms with Gasteiger partial charge in [-0.1, -0.05) is 23.7 Å². The van der Waals surface area contributed by atoms with Gasteiger partial charge in [0.1, 0.15) is 4.88 Å². The lowest BCUT2D eigenvalue weighted by molar-refractivity contribution is 0.0944. The third kappa shape index (κ3) is 3.84. The van der Waals surface area contributed by atoms with Gasteiger partial charge >= 0.3 is 0 Å². The van der Waals surface area contributed by atoms with Crippen LogP contribution in [0.5, 0.6) is 0 Å². The summed E-state index contributed by atoms with van der Waals surface area (Å²) in [5.41, 5.74) is 0.823. The molecule has 1 aromatic heterocycles. The summed E-state index contributed by atoms with van der Waals surface area (Å²) >= 11 is 7.20. The third-order valence-electron chi connectivity index (χ3n) is 2.98. The maximum absolute atomic E-state index is 12.1. The molecule has 2 rings (SSSR count). The van der Waals surface area contributed by atoms with Gasteiger partial charge in [0.15, 0.2) is 9.84 Å². The van der Waals surface area contributed by atoms with Crippen molar-refractivity contribution in [2.75, 3.05) is 6.26 Å². The van der Waals surface area contributed by atoms with Gasteiger partial charge < -0.3 is 5.32 Å². The monoisotopic (exact) mass is 343 g/mol. The van der Waals surface area contributed by atoms with Gasteiger partial charge in [0.2, 0.25) is 0 Å². The van der Waals surface area contributed by atoms with E-state index in [9.17, 15) is 13.2 Å². The van der Waals surface area contributed by atoms with Crippen LogP contribution in [-0.4, -0.2) is 20.6 Å². The smallest absolute Gasteiger partial charge is 0.263 e. The summed E-state index contributed by atoms with van der Waals surface area (Å²) in [4.78, 5) is 12.8. The SMILES string of the molecule is C[C@H](NC(=O)c1sccc1Cl)c1ccc(S(C)(=O)=O)cc1. The Balaban J connectivity index is 2.12. The zero-order valence-corrected chi connectivity index (χ0v) is 13.8. The van der Waals surface area contributed by atoms with E-state index in [1.54, 1.807) is 23.6 Å². The molecule has 0 saturated heterocycles. The molecule has 21 heavy (non-hydrogen) atoms. The van der Waals surface area contributed by atoms with Crippen LogP contribution in [0, 0.1) is 0 Å². The van der Waals surface area contributed by atoms with Gasteiger partial charge in [0.05, 0.1) is 16.0 Å². The second-order valence-corrected chi connectivity index (χ2v) is 7.97. The summed E-state index contributed by atoms with van der Waals surface area (Å²) in [6.07, 6.45) is 1.16. The quantitative estimate of drug-likeness (QED) is 0.926. The number of amides is 1. The van der Waals surface area contributed by atoms with E-state index in [0.717, 1.165) is 11.8 Å². The summed E-state index contributed by atoms with van der Waals surface area (Å²) in [5.74, 6) is -0.241. The highest BCUT2D eigenvalue weighted by molar-refractivity contribution is 7.90. The average molecular weight is 344 g/mol. The highest BCUT2D eigenvalue weighted by atomic mass is 35.5. The number of sulfone groups is 1. The van der Waals surface area contributed by atoms with Crippen molar-refractivity contribution in [3.05, 3.63) is 51.2 Å². The molecule has 4 nitrogen and oxygen atoms in total. The van der Waals surface area contributed by atoms with E-state index >= 15 is 0 Å². The molecule has 1 amide bonds. The van der Waals surface area contributed by atoms with Crippen LogP contribution in [0.1, 0.15) is 28.2 Å². The van der Waals surface area contributed by atoms with E-state index in [1.165, 1.54) is 23.5 Å². The number of hydrogen-bond acceptors (Lipinski definition) is 4. The highest BCUT2D eigenvalue weighted by Gasteiger charge is 2.16. The molecule has 0 bridgehead atoms. The first-order valence-electron chi connectivity index (χ1n) is 6.13. The average Bonchev–Trinajstić information content (AvgIpc) is 2.84. The molecule has 0 radical (unpaired) electrons. The summed E-state index contributed by atoms with van der Waals surface area (Å²) in [6, 6.07) is 7.88. The molecule has 1 N–H and O–H groups in total. The maximum atomic E-state index is 12.1. The van der Waals surface area contributed by atoms with Crippen LogP contribution in [-0.2, 0) is 9.84 Å². The normalized spacial score (nSPS) is 12.9. The topological polar surface area (TPSA) is 63.2 Å². The molecule has 0 unspecified atom stereocenters. The van der Waals surface area contributed by atoms with Crippen molar-refractivity contribution >= 4 is 38.7 Å². The Bertz CT molecular complexity index is 751. The summed E-state index contributed by atoms with van der Waals surface area (Å²) in [7, 11) is -3.21. The van der Waals surface area contributed by atoms with Crippen LogP contribution < -0.4 is 5.32 Å². The fourth-order valence-corrected chi connectivity index (χ4v) is 3.48. The molecule has 7 heteroatoms. The molecule has 0 aliphatic carbocycles. The van der Waals surface area contributed by atoms with E-state index in [1.807, 2.05) is 6.92 Å². The molecule has 1 atom stereocenters. The maximum Gasteiger partial charge on any atom is 0.263 e. The van der Waals surface area contributed by atoms with E-state index in [2.05, 4.69) is 5.32 Å². The summed E-state index contributed by atoms with van der Waals surface area (Å²) in [6.45, 7) is 1.83. The number of benzene rings is 1. The van der Waals surface area contributed by atoms with Crippen molar-refractivity contribution < 1.29 is 13.2 Å². The first-order chi connectivity index (χ1) is 9.79. The van der Waals surface area contributed by atoms with Crippen molar-refractivity contribution in [2.24, 2.45) is 0 Å². The van der Waals surface area contributed by atoms with Gasteiger partial charge in [-0.3, -0.25) is 4.79 Å². The molecule has 0 aliphatic rings. The third-order valence-corrected chi connectivity index (χ3v) is 5.45. The lowest BCUT2D eigenvalue weighted by atomic mass is 10.1. The first kappa shape index (κ1) is 16.0. The molecule has 0 saturated carbocycles. The first-order valence-corrected chi connectivity index (χ1v) is 9.28. The number of nitrogens with one attached hydrogen (secondary N) is 1. The Morgan fingerprint density at radius 1 is 1.24 bits per heavy atom. The van der Waals surface area contributed by atoms with Crippen LogP contribution in [0.2, 0.25) is 5.02 Å². The lowest BCUT2D eigenvalue weighted by Crippen LogP contribution is -2.26. The van der Waals surface area contributed by atoms with Crippen molar-refractivity contribution in [3.8, 4) is 0 Å². The number of hydrogen-bond donors (Lipinski definition) is 1. The van der Waals surface area contributed by atoms with Crippen molar-refractivity contribution in [1.29, 1.82) is 0 Å². The van der Waals surface area contributed by atoms with E-state index in [0.29, 0.717) is 9.90 Å². The zero-order valence-electron chi connectivity index (χ0n) is 11.5. The van der Waals surface area contributed by atoms with Gasteiger partial charge in [-0.15, -0.1) is 11.3 Å². The van der Waals surface area contributed by atoms with Crippen molar-refractivity contribution in [3.63, 3.8) is 0 Å². The van der Waals surface area contributed by atoms with Crippen LogP contribution in [0.3, 0.4) is 0 Å². The number of rotatable bonds is 4. The van der Waals surface area contributed by atoms with E-state index in [4.69, 9.17) is 11.6 Å². The van der Waals surface area contributed by atoms with Crippen molar-refractivity contribution in [1.82, 2.24) is 5.32 Å². The van der Waals surface area contributed by atoms with Gasteiger partial charge in [-0.05, 0) is 36.1 Å². The summed E-state index contributed by atoms with van der Waals surface area (Å²) in [5, 5.41) is 5.02. The van der Waals surface area contributed by atoms with Crippen LogP contribution in [0.15, 0.2) is 40.6 Å². The Morgan fingerprint density at radius 2 is 1.86 bits per heavy atom. The van der Waals surface area contributed by atoms with Crippen LogP contribution in [0.4, 0.5) is 0 Å². The fraction of sp³-hybridized carbons (Fsp3) is 0.214. The van der Waals surface area contributed by atoms with Crippen LogP contribution >= 0.6 is 22.9 Å². The van der Waals surface area contributed by atoms with Crippen molar-refractivity contribution in [2.45, 2.75) is 17.9 Å². The zero-order chi connectivity index (χ0) is 15.6. The van der Waals surface area contributed by atoms with Crippen LogP contribution in [0.25, 0.3) is 0 Å². The molecular weight excluding hydrogens is 330 g/mol. The number of thiophene rings is 1. The molecule has 0 fully saturated rings. The number of carbonyl (C=O) groups excluding carboxylic acids is 1. The molecular formula is C14H14ClNO3S2. The fourth-order valence-electron chi connectivity index (χ4n) is 1.80. The molecule has 112 valence electrons. The minimum absolute atomic E-state index is 0.241. The molecule has 1 aromatic carbocycles. The highest BCUT2D eigenvalue weighted by Crippen LogP contribution is 2.23. The van der Waals surface area contributed by atoms with Gasteiger partial charge in [-0.25, -0.2) is 8.42 Å². The molecule has 0 aliphatic heterocycles. The minimum Gasteiger partial charge on any atom is -0.345 e. The van der Waals surface area contributed by atoms with Gasteiger partial charge in [0, 0.05) is 6.26 Å². The van der Waals surface area contributed by atoms with E-state index in [-0.39, 0.29) is 16.8 Å². The second kappa shape index (κ2) is 6.17. The predicted octanol–water partition coefficient (Wildman–Crippen LogP) is 3.30. The standard InChI is InChI=1S/C14H14ClNO3S2/c1-9(16-14(17)13-12(15)7-8-20-13)10-3-5-11(6-4-10)21(2,18)19/h3-9H,1-2H3,(H,16,17)/t9-/m0/s1. The van der Waals surface area contributed by atoms with Gasteiger partial charge in [0.25, 0.3) is 5.91 Å². The number of halogens is 1. The Labute approximate surface area is 132 Å².